The van der Waals surface area contributed by atoms with Crippen LogP contribution in [0.5, 0.6) is 0 Å². The lowest BCUT2D eigenvalue weighted by molar-refractivity contribution is 0.0965. The smallest absolute Gasteiger partial charge is 0.257 e. The van der Waals surface area contributed by atoms with E-state index in [0.29, 0.717) is 29.2 Å². The fourth-order valence-electron chi connectivity index (χ4n) is 2.37. The summed E-state index contributed by atoms with van der Waals surface area (Å²) in [7, 11) is 0. The summed E-state index contributed by atoms with van der Waals surface area (Å²) in [6, 6.07) is 5.33. The molecule has 0 bridgehead atoms. The molecule has 0 unspecified atom stereocenters. The van der Waals surface area contributed by atoms with Crippen LogP contribution in [0, 0.1) is 0 Å². The van der Waals surface area contributed by atoms with Crippen molar-refractivity contribution in [1.82, 2.24) is 10.6 Å². The van der Waals surface area contributed by atoms with E-state index in [9.17, 15) is 4.79 Å². The minimum absolute atomic E-state index is 0.0723. The number of carbonyl (C=O) groups is 1. The zero-order valence-electron chi connectivity index (χ0n) is 14.5. The number of ether oxygens (including phenoxy) is 1. The van der Waals surface area contributed by atoms with Crippen LogP contribution in [-0.2, 0) is 4.74 Å². The highest BCUT2D eigenvalue weighted by Gasteiger charge is 2.16. The highest BCUT2D eigenvalue weighted by Crippen LogP contribution is 2.24. The molecule has 1 aliphatic heterocycles. The molecule has 0 saturated heterocycles. The summed E-state index contributed by atoms with van der Waals surface area (Å²) in [5, 5.41) is 9.25. The Hall–Kier alpha value is -2.63. The molecule has 5 N–H and O–H groups in total. The number of benzene rings is 1. The maximum Gasteiger partial charge on any atom is 0.257 e. The van der Waals surface area contributed by atoms with Crippen LogP contribution in [0.2, 0.25) is 0 Å². The first-order valence-electron chi connectivity index (χ1n) is 8.25. The summed E-state index contributed by atoms with van der Waals surface area (Å²) >= 11 is 0. The molecule has 0 radical (unpaired) electrons. The maximum atomic E-state index is 12.6. The Kier molecular flexibility index (Phi) is 6.12. The molecular weight excluding hydrogens is 304 g/mol. The number of amides is 1. The Morgan fingerprint density at radius 1 is 1.42 bits per heavy atom. The van der Waals surface area contributed by atoms with E-state index in [-0.39, 0.29) is 12.0 Å². The van der Waals surface area contributed by atoms with Crippen molar-refractivity contribution >= 4 is 17.3 Å². The van der Waals surface area contributed by atoms with Crippen LogP contribution in [0.15, 0.2) is 41.9 Å². The molecule has 0 spiro atoms. The van der Waals surface area contributed by atoms with Gasteiger partial charge < -0.3 is 26.4 Å². The van der Waals surface area contributed by atoms with Gasteiger partial charge in [0.2, 0.25) is 0 Å². The molecule has 0 fully saturated rings. The van der Waals surface area contributed by atoms with Gasteiger partial charge in [0, 0.05) is 24.5 Å². The SMILES string of the molecule is CCCNc1c(N)cccc1C(=O)NC1=CC(OC(C)C)=CNC1. The highest BCUT2D eigenvalue weighted by molar-refractivity contribution is 6.03. The Morgan fingerprint density at radius 3 is 2.92 bits per heavy atom. The molecule has 1 heterocycles. The lowest BCUT2D eigenvalue weighted by Crippen LogP contribution is -2.31. The number of hydrogen-bond acceptors (Lipinski definition) is 5. The topological polar surface area (TPSA) is 88.4 Å². The average Bonchev–Trinajstić information content (AvgIpc) is 2.53. The minimum Gasteiger partial charge on any atom is -0.489 e. The van der Waals surface area contributed by atoms with E-state index >= 15 is 0 Å². The second-order valence-electron chi connectivity index (χ2n) is 5.91. The third-order valence-corrected chi connectivity index (χ3v) is 3.39. The van der Waals surface area contributed by atoms with Gasteiger partial charge in [-0.1, -0.05) is 13.0 Å². The molecule has 0 saturated carbocycles. The number of carbonyl (C=O) groups excluding carboxylic acids is 1. The lowest BCUT2D eigenvalue weighted by atomic mass is 10.1. The van der Waals surface area contributed by atoms with Crippen LogP contribution in [-0.4, -0.2) is 25.1 Å². The van der Waals surface area contributed by atoms with Crippen molar-refractivity contribution in [2.75, 3.05) is 24.1 Å². The fourth-order valence-corrected chi connectivity index (χ4v) is 2.37. The van der Waals surface area contributed by atoms with Gasteiger partial charge in [0.1, 0.15) is 5.76 Å². The van der Waals surface area contributed by atoms with Gasteiger partial charge in [-0.2, -0.15) is 0 Å². The Morgan fingerprint density at radius 2 is 2.21 bits per heavy atom. The number of allylic oxidation sites excluding steroid dienone is 1. The molecule has 2 rings (SSSR count). The first kappa shape index (κ1) is 17.7. The van der Waals surface area contributed by atoms with E-state index in [0.717, 1.165) is 18.7 Å². The van der Waals surface area contributed by atoms with Crippen molar-refractivity contribution in [1.29, 1.82) is 0 Å². The van der Waals surface area contributed by atoms with Gasteiger partial charge in [0.05, 0.1) is 29.6 Å². The molecule has 6 nitrogen and oxygen atoms in total. The van der Waals surface area contributed by atoms with Gasteiger partial charge in [0.25, 0.3) is 5.91 Å². The second-order valence-corrected chi connectivity index (χ2v) is 5.91. The molecule has 130 valence electrons. The van der Waals surface area contributed by atoms with E-state index in [1.807, 2.05) is 19.9 Å². The van der Waals surface area contributed by atoms with E-state index in [4.69, 9.17) is 10.5 Å². The summed E-state index contributed by atoms with van der Waals surface area (Å²) in [4.78, 5) is 12.6. The molecule has 1 aromatic carbocycles. The van der Waals surface area contributed by atoms with Crippen molar-refractivity contribution in [2.24, 2.45) is 0 Å². The van der Waals surface area contributed by atoms with Gasteiger partial charge in [-0.05, 0) is 32.4 Å². The normalized spacial score (nSPS) is 13.7. The minimum atomic E-state index is -0.195. The van der Waals surface area contributed by atoms with Gasteiger partial charge in [-0.15, -0.1) is 0 Å². The molecule has 24 heavy (non-hydrogen) atoms. The zero-order chi connectivity index (χ0) is 17.5. The quantitative estimate of drug-likeness (QED) is 0.577. The third kappa shape index (κ3) is 4.68. The van der Waals surface area contributed by atoms with Crippen molar-refractivity contribution in [2.45, 2.75) is 33.3 Å². The van der Waals surface area contributed by atoms with Crippen LogP contribution >= 0.6 is 0 Å². The van der Waals surface area contributed by atoms with Crippen LogP contribution in [0.3, 0.4) is 0 Å². The van der Waals surface area contributed by atoms with Crippen LogP contribution < -0.4 is 21.7 Å². The summed E-state index contributed by atoms with van der Waals surface area (Å²) in [6.45, 7) is 7.28. The Bertz CT molecular complexity index is 650. The predicted molar refractivity (Wildman–Crippen MR) is 97.5 cm³/mol. The number of nitrogens with two attached hydrogens (primary N) is 1. The molecule has 1 amide bonds. The molecule has 1 aromatic rings. The van der Waals surface area contributed by atoms with Crippen LogP contribution in [0.1, 0.15) is 37.6 Å². The van der Waals surface area contributed by atoms with E-state index in [1.165, 1.54) is 0 Å². The van der Waals surface area contributed by atoms with Crippen molar-refractivity contribution < 1.29 is 9.53 Å². The lowest BCUT2D eigenvalue weighted by Gasteiger charge is -2.19. The van der Waals surface area contributed by atoms with Crippen LogP contribution in [0.4, 0.5) is 11.4 Å². The van der Waals surface area contributed by atoms with E-state index < -0.39 is 0 Å². The summed E-state index contributed by atoms with van der Waals surface area (Å²) in [5.41, 5.74) is 8.54. The largest absolute Gasteiger partial charge is 0.489 e. The van der Waals surface area contributed by atoms with Crippen LogP contribution in [0.25, 0.3) is 0 Å². The average molecular weight is 330 g/mol. The number of nitrogens with one attached hydrogen (secondary N) is 3. The Balaban J connectivity index is 2.14. The first-order chi connectivity index (χ1) is 11.5. The maximum absolute atomic E-state index is 12.6. The molecule has 1 aliphatic rings. The molecule has 0 aromatic heterocycles. The molecule has 0 atom stereocenters. The number of dihydropyridines is 1. The molecular formula is C18H26N4O2. The number of rotatable bonds is 7. The van der Waals surface area contributed by atoms with Crippen molar-refractivity contribution in [3.05, 3.63) is 47.5 Å². The van der Waals surface area contributed by atoms with E-state index in [2.05, 4.69) is 22.9 Å². The predicted octanol–water partition coefficient (Wildman–Crippen LogP) is 2.57. The van der Waals surface area contributed by atoms with Gasteiger partial charge >= 0.3 is 0 Å². The summed E-state index contributed by atoms with van der Waals surface area (Å²) in [6.07, 6.45) is 4.65. The highest BCUT2D eigenvalue weighted by atomic mass is 16.5. The third-order valence-electron chi connectivity index (χ3n) is 3.39. The van der Waals surface area contributed by atoms with Gasteiger partial charge in [0.15, 0.2) is 0 Å². The van der Waals surface area contributed by atoms with Gasteiger partial charge in [-0.3, -0.25) is 4.79 Å². The monoisotopic (exact) mass is 330 g/mol. The number of nitrogen functional groups attached to an aromatic ring is 1. The number of hydrogen-bond donors (Lipinski definition) is 4. The number of para-hydroxylation sites is 1. The van der Waals surface area contributed by atoms with Crippen molar-refractivity contribution in [3.63, 3.8) is 0 Å². The number of anilines is 2. The fraction of sp³-hybridized carbons (Fsp3) is 0.389. The molecule has 6 heteroatoms. The first-order valence-corrected chi connectivity index (χ1v) is 8.25. The zero-order valence-corrected chi connectivity index (χ0v) is 14.5. The van der Waals surface area contributed by atoms with E-state index in [1.54, 1.807) is 24.4 Å². The Labute approximate surface area is 143 Å². The standard InChI is InChI=1S/C18H26N4O2/c1-4-8-21-17-15(6-5-7-16(17)19)18(23)22-13-9-14(11-20-10-13)24-12(2)3/h5-7,9,11-12,20-21H,4,8,10,19H2,1-3H3,(H,22,23). The summed E-state index contributed by atoms with van der Waals surface area (Å²) in [5.74, 6) is 0.503. The second kappa shape index (κ2) is 8.29. The summed E-state index contributed by atoms with van der Waals surface area (Å²) < 4.78 is 5.64. The molecule has 0 aliphatic carbocycles. The van der Waals surface area contributed by atoms with Gasteiger partial charge in [-0.25, -0.2) is 0 Å². The van der Waals surface area contributed by atoms with Crippen molar-refractivity contribution in [3.8, 4) is 0 Å².